The third-order valence-electron chi connectivity index (χ3n) is 6.28. The standard InChI is InChI=1S/C22H35N3O3S/c1-4-24-10-8-19(9-11-24)14-23-22(26)20-6-5-7-21(13-20)29(27,28)25-15-17(2)12-18(3)16-25/h5-7,13,17-19H,4,8-12,14-16H2,1-3H3,(H,23,26)/t17-,18-/m1/s1. The Labute approximate surface area is 175 Å². The average Bonchev–Trinajstić information content (AvgIpc) is 2.71. The maximum atomic E-state index is 13.1. The van der Waals surface area contributed by atoms with Crippen LogP contribution in [0.2, 0.25) is 0 Å². The van der Waals surface area contributed by atoms with Crippen LogP contribution in [0.4, 0.5) is 0 Å². The molecular weight excluding hydrogens is 386 g/mol. The van der Waals surface area contributed by atoms with Crippen LogP contribution in [0.5, 0.6) is 0 Å². The summed E-state index contributed by atoms with van der Waals surface area (Å²) in [6.45, 7) is 11.3. The van der Waals surface area contributed by atoms with Crippen molar-refractivity contribution in [2.24, 2.45) is 17.8 Å². The molecule has 2 aliphatic heterocycles. The zero-order valence-electron chi connectivity index (χ0n) is 17.9. The topological polar surface area (TPSA) is 69.7 Å². The first-order chi connectivity index (χ1) is 13.8. The quantitative estimate of drug-likeness (QED) is 0.767. The number of amides is 1. The molecule has 2 heterocycles. The minimum atomic E-state index is -3.58. The second-order valence-corrected chi connectivity index (χ2v) is 10.8. The molecular formula is C22H35N3O3S. The number of benzene rings is 1. The highest BCUT2D eigenvalue weighted by molar-refractivity contribution is 7.89. The summed E-state index contributed by atoms with van der Waals surface area (Å²) in [6.07, 6.45) is 3.23. The van der Waals surface area contributed by atoms with Crippen LogP contribution in [0.15, 0.2) is 29.2 Å². The lowest BCUT2D eigenvalue weighted by atomic mass is 9.94. The highest BCUT2D eigenvalue weighted by Crippen LogP contribution is 2.27. The minimum absolute atomic E-state index is 0.194. The molecule has 0 saturated carbocycles. The zero-order chi connectivity index (χ0) is 21.0. The number of nitrogens with one attached hydrogen (secondary N) is 1. The van der Waals surface area contributed by atoms with Gasteiger partial charge in [0.2, 0.25) is 10.0 Å². The Bertz CT molecular complexity index is 793. The lowest BCUT2D eigenvalue weighted by Gasteiger charge is -2.34. The smallest absolute Gasteiger partial charge is 0.251 e. The summed E-state index contributed by atoms with van der Waals surface area (Å²) in [5, 5.41) is 3.01. The van der Waals surface area contributed by atoms with Gasteiger partial charge in [-0.25, -0.2) is 8.42 Å². The van der Waals surface area contributed by atoms with Gasteiger partial charge in [-0.3, -0.25) is 4.79 Å². The third kappa shape index (κ3) is 5.58. The molecule has 6 nitrogen and oxygen atoms in total. The molecule has 1 amide bonds. The maximum Gasteiger partial charge on any atom is 0.251 e. The van der Waals surface area contributed by atoms with Gasteiger partial charge in [0.05, 0.1) is 4.90 Å². The van der Waals surface area contributed by atoms with Crippen LogP contribution in [-0.4, -0.2) is 62.8 Å². The Hall–Kier alpha value is -1.44. The molecule has 3 rings (SSSR count). The predicted octanol–water partition coefficient (Wildman–Crippen LogP) is 2.81. The number of nitrogens with zero attached hydrogens (tertiary/aromatic N) is 2. The van der Waals surface area contributed by atoms with Crippen LogP contribution in [0.25, 0.3) is 0 Å². The molecule has 29 heavy (non-hydrogen) atoms. The number of hydrogen-bond acceptors (Lipinski definition) is 4. The Morgan fingerprint density at radius 1 is 1.14 bits per heavy atom. The lowest BCUT2D eigenvalue weighted by molar-refractivity contribution is 0.0936. The maximum absolute atomic E-state index is 13.1. The van der Waals surface area contributed by atoms with Gasteiger partial charge in [-0.05, 0) is 74.8 Å². The van der Waals surface area contributed by atoms with E-state index in [2.05, 4.69) is 31.0 Å². The monoisotopic (exact) mass is 421 g/mol. The van der Waals surface area contributed by atoms with Crippen LogP contribution < -0.4 is 5.32 Å². The molecule has 162 valence electrons. The summed E-state index contributed by atoms with van der Waals surface area (Å²) < 4.78 is 27.8. The van der Waals surface area contributed by atoms with Crippen molar-refractivity contribution < 1.29 is 13.2 Å². The summed E-state index contributed by atoms with van der Waals surface area (Å²) >= 11 is 0. The molecule has 1 aromatic carbocycles. The van der Waals surface area contributed by atoms with E-state index in [9.17, 15) is 13.2 Å². The average molecular weight is 422 g/mol. The highest BCUT2D eigenvalue weighted by atomic mass is 32.2. The molecule has 0 aromatic heterocycles. The molecule has 7 heteroatoms. The van der Waals surface area contributed by atoms with Crippen LogP contribution in [0.3, 0.4) is 0 Å². The predicted molar refractivity (Wildman–Crippen MR) is 115 cm³/mol. The first kappa shape index (κ1) is 22.2. The van der Waals surface area contributed by atoms with E-state index in [1.54, 1.807) is 22.5 Å². The molecule has 0 radical (unpaired) electrons. The van der Waals surface area contributed by atoms with Crippen molar-refractivity contribution in [3.8, 4) is 0 Å². The Balaban J connectivity index is 1.63. The molecule has 2 aliphatic rings. The number of carbonyl (C=O) groups is 1. The van der Waals surface area contributed by atoms with Crippen molar-refractivity contribution in [2.45, 2.75) is 44.9 Å². The van der Waals surface area contributed by atoms with E-state index in [0.29, 0.717) is 43.0 Å². The van der Waals surface area contributed by atoms with Gasteiger partial charge in [0.25, 0.3) is 5.91 Å². The van der Waals surface area contributed by atoms with Crippen LogP contribution in [-0.2, 0) is 10.0 Å². The Morgan fingerprint density at radius 2 is 1.79 bits per heavy atom. The van der Waals surface area contributed by atoms with E-state index in [1.807, 2.05) is 0 Å². The van der Waals surface area contributed by atoms with Crippen molar-refractivity contribution in [1.29, 1.82) is 0 Å². The van der Waals surface area contributed by atoms with E-state index < -0.39 is 10.0 Å². The number of hydrogen-bond donors (Lipinski definition) is 1. The Kier molecular flexibility index (Phi) is 7.35. The van der Waals surface area contributed by atoms with Gasteiger partial charge >= 0.3 is 0 Å². The molecule has 0 unspecified atom stereocenters. The molecule has 2 saturated heterocycles. The van der Waals surface area contributed by atoms with E-state index in [-0.39, 0.29) is 10.8 Å². The summed E-state index contributed by atoms with van der Waals surface area (Å²) in [4.78, 5) is 15.3. The minimum Gasteiger partial charge on any atom is -0.352 e. The van der Waals surface area contributed by atoms with E-state index in [0.717, 1.165) is 38.9 Å². The van der Waals surface area contributed by atoms with Crippen molar-refractivity contribution in [2.75, 3.05) is 39.3 Å². The zero-order valence-corrected chi connectivity index (χ0v) is 18.7. The normalized spacial score (nSPS) is 25.1. The van der Waals surface area contributed by atoms with Gasteiger partial charge in [0.15, 0.2) is 0 Å². The van der Waals surface area contributed by atoms with Crippen molar-refractivity contribution in [3.05, 3.63) is 29.8 Å². The van der Waals surface area contributed by atoms with Gasteiger partial charge < -0.3 is 10.2 Å². The summed E-state index contributed by atoms with van der Waals surface area (Å²) in [7, 11) is -3.58. The fourth-order valence-corrected chi connectivity index (χ4v) is 6.32. The molecule has 1 N–H and O–H groups in total. The molecule has 2 atom stereocenters. The number of piperidine rings is 2. The van der Waals surface area contributed by atoms with Gasteiger partial charge in [-0.15, -0.1) is 0 Å². The van der Waals surface area contributed by atoms with Gasteiger partial charge in [-0.2, -0.15) is 4.31 Å². The summed E-state index contributed by atoms with van der Waals surface area (Å²) in [5.74, 6) is 0.989. The van der Waals surface area contributed by atoms with Crippen molar-refractivity contribution >= 4 is 15.9 Å². The SMILES string of the molecule is CCN1CCC(CNC(=O)c2cccc(S(=O)(=O)N3C[C@H](C)C[C@@H](C)C3)c2)CC1. The fourth-order valence-electron chi connectivity index (χ4n) is 4.59. The molecule has 0 spiro atoms. The first-order valence-corrected chi connectivity index (χ1v) is 12.3. The Morgan fingerprint density at radius 3 is 2.41 bits per heavy atom. The molecule has 0 aliphatic carbocycles. The molecule has 1 aromatic rings. The van der Waals surface area contributed by atoms with Gasteiger partial charge in [0, 0.05) is 25.2 Å². The number of likely N-dealkylation sites (tertiary alicyclic amines) is 1. The van der Waals surface area contributed by atoms with Gasteiger partial charge in [-0.1, -0.05) is 26.8 Å². The van der Waals surface area contributed by atoms with E-state index >= 15 is 0 Å². The number of carbonyl (C=O) groups excluding carboxylic acids is 1. The van der Waals surface area contributed by atoms with E-state index in [1.165, 1.54) is 6.07 Å². The fraction of sp³-hybridized carbons (Fsp3) is 0.682. The summed E-state index contributed by atoms with van der Waals surface area (Å²) in [5.41, 5.74) is 0.412. The number of sulfonamides is 1. The summed E-state index contributed by atoms with van der Waals surface area (Å²) in [6, 6.07) is 6.47. The van der Waals surface area contributed by atoms with Crippen LogP contribution in [0, 0.1) is 17.8 Å². The third-order valence-corrected chi connectivity index (χ3v) is 8.10. The lowest BCUT2D eigenvalue weighted by Crippen LogP contribution is -2.42. The van der Waals surface area contributed by atoms with Crippen LogP contribution in [0.1, 0.15) is 50.4 Å². The molecule has 2 fully saturated rings. The molecule has 0 bridgehead atoms. The highest BCUT2D eigenvalue weighted by Gasteiger charge is 2.32. The second kappa shape index (κ2) is 9.58. The second-order valence-electron chi connectivity index (χ2n) is 8.88. The van der Waals surface area contributed by atoms with Crippen molar-refractivity contribution in [1.82, 2.24) is 14.5 Å². The first-order valence-electron chi connectivity index (χ1n) is 10.9. The van der Waals surface area contributed by atoms with Gasteiger partial charge in [0.1, 0.15) is 0 Å². The van der Waals surface area contributed by atoms with Crippen LogP contribution >= 0.6 is 0 Å². The van der Waals surface area contributed by atoms with Crippen molar-refractivity contribution in [3.63, 3.8) is 0 Å². The van der Waals surface area contributed by atoms with E-state index in [4.69, 9.17) is 0 Å². The largest absolute Gasteiger partial charge is 0.352 e. The number of rotatable bonds is 6.